The van der Waals surface area contributed by atoms with E-state index in [0.29, 0.717) is 13.0 Å². The second-order valence-electron chi connectivity index (χ2n) is 4.30. The van der Waals surface area contributed by atoms with Gasteiger partial charge in [-0.2, -0.15) is 13.2 Å². The van der Waals surface area contributed by atoms with Crippen LogP contribution in [0.25, 0.3) is 0 Å². The van der Waals surface area contributed by atoms with Crippen molar-refractivity contribution >= 4 is 23.6 Å². The van der Waals surface area contributed by atoms with E-state index in [9.17, 15) is 22.8 Å². The molecule has 1 unspecified atom stereocenters. The summed E-state index contributed by atoms with van der Waals surface area (Å²) in [6, 6.07) is -0.442. The molecule has 18 heavy (non-hydrogen) atoms. The summed E-state index contributed by atoms with van der Waals surface area (Å²) in [5.41, 5.74) is -4.29. The Balaban J connectivity index is 1.89. The van der Waals surface area contributed by atoms with Gasteiger partial charge in [0, 0.05) is 18.8 Å². The third-order valence-corrected chi connectivity index (χ3v) is 3.84. The first kappa shape index (κ1) is 13.5. The summed E-state index contributed by atoms with van der Waals surface area (Å²) in [5, 5.41) is 0. The maximum Gasteiger partial charge on any atom is 0.441 e. The molecule has 0 aromatic heterocycles. The highest BCUT2D eigenvalue weighted by Crippen LogP contribution is 2.30. The molecule has 2 aliphatic heterocycles. The molecule has 0 N–H and O–H groups in total. The maximum absolute atomic E-state index is 12.0. The number of halogens is 3. The summed E-state index contributed by atoms with van der Waals surface area (Å²) in [5.74, 6) is -0.598. The van der Waals surface area contributed by atoms with Crippen LogP contribution in [0.2, 0.25) is 0 Å². The molecule has 0 radical (unpaired) electrons. The van der Waals surface area contributed by atoms with Crippen LogP contribution in [0.15, 0.2) is 0 Å². The van der Waals surface area contributed by atoms with Crippen LogP contribution in [0.4, 0.5) is 13.2 Å². The molecule has 2 fully saturated rings. The minimum absolute atomic E-state index is 0.0287. The van der Waals surface area contributed by atoms with Gasteiger partial charge in [-0.1, -0.05) is 0 Å². The summed E-state index contributed by atoms with van der Waals surface area (Å²) < 4.78 is 35.9. The van der Waals surface area contributed by atoms with Gasteiger partial charge in [-0.05, 0) is 24.6 Å². The number of alkyl halides is 3. The fourth-order valence-corrected chi connectivity index (χ4v) is 2.87. The van der Waals surface area contributed by atoms with E-state index in [2.05, 4.69) is 0 Å². The van der Waals surface area contributed by atoms with Crippen molar-refractivity contribution in [1.29, 1.82) is 0 Å². The molecule has 2 amide bonds. The van der Waals surface area contributed by atoms with E-state index in [0.717, 1.165) is 6.42 Å². The fraction of sp³-hybridized carbons (Fsp3) is 0.800. The van der Waals surface area contributed by atoms with Gasteiger partial charge in [0.15, 0.2) is 0 Å². The van der Waals surface area contributed by atoms with Crippen molar-refractivity contribution in [3.05, 3.63) is 0 Å². The van der Waals surface area contributed by atoms with Crippen molar-refractivity contribution < 1.29 is 22.8 Å². The lowest BCUT2D eigenvalue weighted by atomic mass is 10.1. The summed E-state index contributed by atoms with van der Waals surface area (Å²) >= 11 is -0.163. The van der Waals surface area contributed by atoms with Gasteiger partial charge >= 0.3 is 5.51 Å². The number of nitrogens with zero attached hydrogens (tertiary/aromatic N) is 2. The summed E-state index contributed by atoms with van der Waals surface area (Å²) in [6.07, 6.45) is 1.40. The minimum Gasteiger partial charge on any atom is -0.331 e. The molecule has 0 spiro atoms. The third kappa shape index (κ3) is 2.90. The minimum atomic E-state index is -4.29. The van der Waals surface area contributed by atoms with Crippen LogP contribution in [0.5, 0.6) is 0 Å². The quantitative estimate of drug-likeness (QED) is 0.777. The summed E-state index contributed by atoms with van der Waals surface area (Å²) in [7, 11) is 0. The predicted octanol–water partition coefficient (Wildman–Crippen LogP) is 1.07. The highest BCUT2D eigenvalue weighted by molar-refractivity contribution is 8.00. The average molecular weight is 282 g/mol. The van der Waals surface area contributed by atoms with Gasteiger partial charge in [0.05, 0.1) is 6.54 Å². The van der Waals surface area contributed by atoms with E-state index in [-0.39, 0.29) is 42.4 Å². The monoisotopic (exact) mass is 282 g/mol. The molecule has 8 heteroatoms. The normalized spacial score (nSPS) is 24.7. The highest BCUT2D eigenvalue weighted by atomic mass is 32.2. The molecule has 0 aromatic rings. The number of carbonyl (C=O) groups is 2. The van der Waals surface area contributed by atoms with Crippen molar-refractivity contribution in [3.8, 4) is 0 Å². The molecule has 0 aromatic carbocycles. The first-order chi connectivity index (χ1) is 8.38. The van der Waals surface area contributed by atoms with Gasteiger partial charge in [0.25, 0.3) is 0 Å². The first-order valence-electron chi connectivity index (χ1n) is 5.67. The van der Waals surface area contributed by atoms with Crippen LogP contribution in [0.1, 0.15) is 12.8 Å². The van der Waals surface area contributed by atoms with E-state index in [4.69, 9.17) is 0 Å². The first-order valence-corrected chi connectivity index (χ1v) is 6.66. The molecule has 2 rings (SSSR count). The molecular weight excluding hydrogens is 269 g/mol. The lowest BCUT2D eigenvalue weighted by Gasteiger charge is -2.36. The van der Waals surface area contributed by atoms with Crippen molar-refractivity contribution in [2.75, 3.05) is 25.4 Å². The lowest BCUT2D eigenvalue weighted by molar-refractivity contribution is -0.153. The van der Waals surface area contributed by atoms with Crippen molar-refractivity contribution in [2.45, 2.75) is 24.4 Å². The van der Waals surface area contributed by atoms with E-state index in [1.165, 1.54) is 9.80 Å². The van der Waals surface area contributed by atoms with Crippen LogP contribution in [0, 0.1) is 0 Å². The Morgan fingerprint density at radius 1 is 1.33 bits per heavy atom. The number of rotatable bonds is 3. The average Bonchev–Trinajstić information content (AvgIpc) is 2.72. The standard InChI is InChI=1S/C10H13F3N2O2S/c11-10(12,13)18-5-4-14-6-8(16)15-3-1-2-7(15)9(14)17/h7H,1-6H2. The lowest BCUT2D eigenvalue weighted by Crippen LogP contribution is -2.57. The molecule has 102 valence electrons. The highest BCUT2D eigenvalue weighted by Gasteiger charge is 2.41. The number of piperazine rings is 1. The number of hydrogen-bond donors (Lipinski definition) is 0. The topological polar surface area (TPSA) is 40.6 Å². The van der Waals surface area contributed by atoms with Crippen molar-refractivity contribution in [1.82, 2.24) is 9.80 Å². The molecule has 1 atom stereocenters. The Labute approximate surface area is 106 Å². The zero-order chi connectivity index (χ0) is 13.3. The zero-order valence-corrected chi connectivity index (χ0v) is 10.4. The molecule has 0 saturated carbocycles. The molecule has 2 saturated heterocycles. The van der Waals surface area contributed by atoms with E-state index in [1.807, 2.05) is 0 Å². The van der Waals surface area contributed by atoms with Crippen molar-refractivity contribution in [3.63, 3.8) is 0 Å². The van der Waals surface area contributed by atoms with Crippen LogP contribution in [-0.4, -0.2) is 58.6 Å². The molecule has 0 aliphatic carbocycles. The van der Waals surface area contributed by atoms with Crippen LogP contribution < -0.4 is 0 Å². The largest absolute Gasteiger partial charge is 0.441 e. The van der Waals surface area contributed by atoms with Crippen LogP contribution in [0.3, 0.4) is 0 Å². The number of thioether (sulfide) groups is 1. The zero-order valence-electron chi connectivity index (χ0n) is 9.57. The summed E-state index contributed by atoms with van der Waals surface area (Å²) in [6.45, 7) is 0.465. The van der Waals surface area contributed by atoms with Gasteiger partial charge in [0.1, 0.15) is 6.04 Å². The van der Waals surface area contributed by atoms with Gasteiger partial charge in [-0.3, -0.25) is 9.59 Å². The number of carbonyl (C=O) groups excluding carboxylic acids is 2. The number of hydrogen-bond acceptors (Lipinski definition) is 3. The van der Waals surface area contributed by atoms with Crippen LogP contribution >= 0.6 is 11.8 Å². The van der Waals surface area contributed by atoms with Gasteiger partial charge in [-0.15, -0.1) is 0 Å². The number of fused-ring (bicyclic) bond motifs is 1. The second kappa shape index (κ2) is 4.99. The fourth-order valence-electron chi connectivity index (χ4n) is 2.33. The third-order valence-electron chi connectivity index (χ3n) is 3.12. The van der Waals surface area contributed by atoms with E-state index in [1.54, 1.807) is 0 Å². The number of amides is 2. The molecule has 0 bridgehead atoms. The van der Waals surface area contributed by atoms with E-state index >= 15 is 0 Å². The molecule has 4 nitrogen and oxygen atoms in total. The Morgan fingerprint density at radius 2 is 2.06 bits per heavy atom. The summed E-state index contributed by atoms with van der Waals surface area (Å²) in [4.78, 5) is 26.4. The predicted molar refractivity (Wildman–Crippen MR) is 59.8 cm³/mol. The molecule has 2 heterocycles. The second-order valence-corrected chi connectivity index (χ2v) is 5.46. The van der Waals surface area contributed by atoms with Crippen molar-refractivity contribution in [2.24, 2.45) is 0 Å². The van der Waals surface area contributed by atoms with Gasteiger partial charge < -0.3 is 9.80 Å². The maximum atomic E-state index is 12.0. The SMILES string of the molecule is O=C1C2CCCN2C(=O)CN1CCSC(F)(F)F. The molecular formula is C10H13F3N2O2S. The van der Waals surface area contributed by atoms with Crippen LogP contribution in [-0.2, 0) is 9.59 Å². The van der Waals surface area contributed by atoms with Gasteiger partial charge in [-0.25, -0.2) is 0 Å². The van der Waals surface area contributed by atoms with E-state index < -0.39 is 11.6 Å². The Bertz CT molecular complexity index is 362. The van der Waals surface area contributed by atoms with Gasteiger partial charge in [0.2, 0.25) is 11.8 Å². The molecule has 2 aliphatic rings. The smallest absolute Gasteiger partial charge is 0.331 e. The Hall–Kier alpha value is -0.920. The Morgan fingerprint density at radius 3 is 2.72 bits per heavy atom. The Kier molecular flexibility index (Phi) is 3.74.